The number of nitrogens with one attached hydrogen (secondary N) is 1. The maximum absolute atomic E-state index is 5.96. The Labute approximate surface area is 118 Å². The van der Waals surface area contributed by atoms with Gasteiger partial charge in [0.25, 0.3) is 0 Å². The van der Waals surface area contributed by atoms with Crippen molar-refractivity contribution in [3.63, 3.8) is 0 Å². The number of furan rings is 1. The molecule has 19 heavy (non-hydrogen) atoms. The molecule has 100 valence electrons. The molecule has 1 heterocycles. The molecule has 1 saturated carbocycles. The van der Waals surface area contributed by atoms with Crippen LogP contribution in [0.2, 0.25) is 5.02 Å². The molecule has 2 nitrogen and oxygen atoms in total. The van der Waals surface area contributed by atoms with Gasteiger partial charge in [0, 0.05) is 29.9 Å². The quantitative estimate of drug-likeness (QED) is 0.862. The Balaban J connectivity index is 1.71. The van der Waals surface area contributed by atoms with E-state index in [1.165, 1.54) is 18.4 Å². The molecular weight excluding hydrogens is 258 g/mol. The Morgan fingerprint density at radius 1 is 1.21 bits per heavy atom. The minimum atomic E-state index is 0.434. The molecule has 1 aliphatic carbocycles. The predicted octanol–water partition coefficient (Wildman–Crippen LogP) is 4.01. The molecule has 0 aliphatic heterocycles. The van der Waals surface area contributed by atoms with Crippen molar-refractivity contribution in [1.82, 2.24) is 5.32 Å². The zero-order valence-electron chi connectivity index (χ0n) is 10.8. The third kappa shape index (κ3) is 3.62. The van der Waals surface area contributed by atoms with E-state index in [0.717, 1.165) is 29.8 Å². The summed E-state index contributed by atoms with van der Waals surface area (Å²) < 4.78 is 5.48. The lowest BCUT2D eigenvalue weighted by Gasteiger charge is -2.17. The highest BCUT2D eigenvalue weighted by molar-refractivity contribution is 6.30. The van der Waals surface area contributed by atoms with E-state index in [4.69, 9.17) is 16.0 Å². The second-order valence-electron chi connectivity index (χ2n) is 5.21. The van der Waals surface area contributed by atoms with E-state index in [2.05, 4.69) is 17.4 Å². The first-order chi connectivity index (χ1) is 9.31. The van der Waals surface area contributed by atoms with E-state index < -0.39 is 0 Å². The fourth-order valence-electron chi connectivity index (χ4n) is 2.31. The molecule has 1 fully saturated rings. The summed E-state index contributed by atoms with van der Waals surface area (Å²) in [6.45, 7) is 0.993. The van der Waals surface area contributed by atoms with Crippen molar-refractivity contribution < 1.29 is 4.42 Å². The molecule has 1 aromatic carbocycles. The number of hydrogen-bond donors (Lipinski definition) is 1. The van der Waals surface area contributed by atoms with Gasteiger partial charge in [-0.05, 0) is 42.7 Å². The predicted molar refractivity (Wildman–Crippen MR) is 77.6 cm³/mol. The van der Waals surface area contributed by atoms with Gasteiger partial charge >= 0.3 is 0 Å². The van der Waals surface area contributed by atoms with Crippen LogP contribution in [0, 0.1) is 0 Å². The van der Waals surface area contributed by atoms with Gasteiger partial charge < -0.3 is 9.73 Å². The lowest BCUT2D eigenvalue weighted by molar-refractivity contribution is 0.472. The Bertz CT molecular complexity index is 502. The number of halogens is 1. The van der Waals surface area contributed by atoms with Crippen LogP contribution in [0.1, 0.15) is 30.1 Å². The van der Waals surface area contributed by atoms with E-state index >= 15 is 0 Å². The molecule has 1 unspecified atom stereocenters. The van der Waals surface area contributed by atoms with E-state index in [9.17, 15) is 0 Å². The molecule has 0 bridgehead atoms. The molecule has 1 atom stereocenters. The van der Waals surface area contributed by atoms with Gasteiger partial charge in [-0.15, -0.1) is 0 Å². The Kier molecular flexibility index (Phi) is 3.90. The van der Waals surface area contributed by atoms with Crippen LogP contribution in [-0.2, 0) is 6.42 Å². The zero-order valence-corrected chi connectivity index (χ0v) is 11.6. The van der Waals surface area contributed by atoms with Gasteiger partial charge in [0.2, 0.25) is 0 Å². The maximum Gasteiger partial charge on any atom is 0.104 e. The molecule has 0 saturated heterocycles. The minimum Gasteiger partial charge on any atom is -0.469 e. The monoisotopic (exact) mass is 275 g/mol. The maximum atomic E-state index is 5.96. The molecule has 0 spiro atoms. The van der Waals surface area contributed by atoms with Gasteiger partial charge in [0.05, 0.1) is 6.26 Å². The van der Waals surface area contributed by atoms with Crippen LogP contribution in [0.3, 0.4) is 0 Å². The van der Waals surface area contributed by atoms with Crippen LogP contribution >= 0.6 is 11.6 Å². The fraction of sp³-hybridized carbons (Fsp3) is 0.375. The molecule has 1 N–H and O–H groups in total. The van der Waals surface area contributed by atoms with Crippen LogP contribution in [0.4, 0.5) is 0 Å². The first-order valence-corrected chi connectivity index (χ1v) is 7.20. The lowest BCUT2D eigenvalue weighted by atomic mass is 9.94. The molecule has 0 amide bonds. The molecule has 3 heteroatoms. The van der Waals surface area contributed by atoms with Gasteiger partial charge in [-0.25, -0.2) is 0 Å². The van der Waals surface area contributed by atoms with Crippen LogP contribution in [0.15, 0.2) is 47.1 Å². The van der Waals surface area contributed by atoms with Gasteiger partial charge in [-0.1, -0.05) is 23.7 Å². The summed E-state index contributed by atoms with van der Waals surface area (Å²) in [5.74, 6) is 1.47. The molecule has 2 aromatic rings. The highest BCUT2D eigenvalue weighted by Crippen LogP contribution is 2.25. The van der Waals surface area contributed by atoms with Gasteiger partial charge in [0.15, 0.2) is 0 Å². The number of rotatable bonds is 6. The third-order valence-corrected chi connectivity index (χ3v) is 3.85. The van der Waals surface area contributed by atoms with Gasteiger partial charge in [-0.3, -0.25) is 0 Å². The molecule has 1 aliphatic rings. The summed E-state index contributed by atoms with van der Waals surface area (Å²) in [7, 11) is 0. The second kappa shape index (κ2) is 5.81. The third-order valence-electron chi connectivity index (χ3n) is 3.60. The highest BCUT2D eigenvalue weighted by Gasteiger charge is 2.23. The summed E-state index contributed by atoms with van der Waals surface area (Å²) in [5.41, 5.74) is 1.31. The van der Waals surface area contributed by atoms with Crippen molar-refractivity contribution >= 4 is 11.6 Å². The Morgan fingerprint density at radius 2 is 2.00 bits per heavy atom. The molecule has 3 rings (SSSR count). The zero-order chi connectivity index (χ0) is 13.1. The average molecular weight is 276 g/mol. The fourth-order valence-corrected chi connectivity index (χ4v) is 2.44. The van der Waals surface area contributed by atoms with Crippen LogP contribution in [0.25, 0.3) is 0 Å². The second-order valence-corrected chi connectivity index (χ2v) is 5.65. The number of hydrogen-bond acceptors (Lipinski definition) is 2. The first-order valence-electron chi connectivity index (χ1n) is 6.82. The van der Waals surface area contributed by atoms with Crippen molar-refractivity contribution in [2.24, 2.45) is 0 Å². The molecular formula is C16H18ClNO. The summed E-state index contributed by atoms with van der Waals surface area (Å²) in [4.78, 5) is 0. The van der Waals surface area contributed by atoms with E-state index in [0.29, 0.717) is 5.92 Å². The first kappa shape index (κ1) is 12.8. The number of benzene rings is 1. The van der Waals surface area contributed by atoms with Crippen molar-refractivity contribution in [2.75, 3.05) is 6.54 Å². The SMILES string of the molecule is Clc1ccc(C(CNC2CC2)Cc2ccco2)cc1. The largest absolute Gasteiger partial charge is 0.469 e. The smallest absolute Gasteiger partial charge is 0.104 e. The lowest BCUT2D eigenvalue weighted by Crippen LogP contribution is -2.24. The van der Waals surface area contributed by atoms with Crippen molar-refractivity contribution in [3.8, 4) is 0 Å². The van der Waals surface area contributed by atoms with Crippen molar-refractivity contribution in [1.29, 1.82) is 0 Å². The average Bonchev–Trinajstić information content (AvgIpc) is 3.11. The minimum absolute atomic E-state index is 0.434. The van der Waals surface area contributed by atoms with Crippen LogP contribution in [0.5, 0.6) is 0 Å². The van der Waals surface area contributed by atoms with E-state index in [-0.39, 0.29) is 0 Å². The van der Waals surface area contributed by atoms with Gasteiger partial charge in [-0.2, -0.15) is 0 Å². The van der Waals surface area contributed by atoms with Crippen molar-refractivity contribution in [3.05, 3.63) is 59.0 Å². The summed E-state index contributed by atoms with van der Waals surface area (Å²) >= 11 is 5.96. The van der Waals surface area contributed by atoms with Crippen molar-refractivity contribution in [2.45, 2.75) is 31.2 Å². The van der Waals surface area contributed by atoms with Crippen LogP contribution in [-0.4, -0.2) is 12.6 Å². The Morgan fingerprint density at radius 3 is 2.63 bits per heavy atom. The highest BCUT2D eigenvalue weighted by atomic mass is 35.5. The normalized spacial score (nSPS) is 16.5. The standard InChI is InChI=1S/C16H18ClNO/c17-14-5-3-12(4-6-14)13(11-18-15-7-8-15)10-16-2-1-9-19-16/h1-6,9,13,15,18H,7-8,10-11H2. The van der Waals surface area contributed by atoms with E-state index in [1.54, 1.807) is 6.26 Å². The summed E-state index contributed by atoms with van der Waals surface area (Å²) in [6.07, 6.45) is 5.29. The topological polar surface area (TPSA) is 25.2 Å². The Hall–Kier alpha value is -1.25. The molecule has 1 aromatic heterocycles. The summed E-state index contributed by atoms with van der Waals surface area (Å²) in [5, 5.41) is 4.40. The molecule has 0 radical (unpaired) electrons. The van der Waals surface area contributed by atoms with Gasteiger partial charge in [0.1, 0.15) is 5.76 Å². The van der Waals surface area contributed by atoms with E-state index in [1.807, 2.05) is 24.3 Å². The van der Waals surface area contributed by atoms with Crippen LogP contribution < -0.4 is 5.32 Å². The summed E-state index contributed by atoms with van der Waals surface area (Å²) in [6, 6.07) is 12.9.